The number of nitrogens with zero attached hydrogens (tertiary/aromatic N) is 1. The van der Waals surface area contributed by atoms with Crippen molar-refractivity contribution in [3.05, 3.63) is 11.4 Å². The molecule has 0 bridgehead atoms. The molecule has 4 N–H and O–H groups in total. The van der Waals surface area contributed by atoms with Crippen LogP contribution < -0.4 is 16.4 Å². The van der Waals surface area contributed by atoms with Gasteiger partial charge in [0.2, 0.25) is 0 Å². The van der Waals surface area contributed by atoms with Gasteiger partial charge in [-0.15, -0.1) is 0 Å². The molecule has 1 aliphatic heterocycles. The first-order chi connectivity index (χ1) is 6.68. The van der Waals surface area contributed by atoms with Crippen LogP contribution in [0.5, 0.6) is 0 Å². The summed E-state index contributed by atoms with van der Waals surface area (Å²) in [5.74, 6) is 0.415. The van der Waals surface area contributed by atoms with Crippen molar-refractivity contribution in [2.75, 3.05) is 0 Å². The van der Waals surface area contributed by atoms with E-state index >= 15 is 0 Å². The largest absolute Gasteiger partial charge is 0.384 e. The molecule has 0 aromatic carbocycles. The average Bonchev–Trinajstić information content (AvgIpc) is 2.53. The van der Waals surface area contributed by atoms with Crippen molar-refractivity contribution in [1.82, 2.24) is 10.6 Å². The summed E-state index contributed by atoms with van der Waals surface area (Å²) >= 11 is 5.05. The van der Waals surface area contributed by atoms with Gasteiger partial charge >= 0.3 is 0 Å². The number of nitrogens with two attached hydrogens (primary N) is 1. The zero-order valence-corrected chi connectivity index (χ0v) is 8.58. The monoisotopic (exact) mass is 208 g/mol. The summed E-state index contributed by atoms with van der Waals surface area (Å²) in [7, 11) is 0. The number of nitriles is 1. The molecule has 74 valence electrons. The maximum absolute atomic E-state index is 9.06. The van der Waals surface area contributed by atoms with Gasteiger partial charge in [-0.1, -0.05) is 12.8 Å². The van der Waals surface area contributed by atoms with Crippen molar-refractivity contribution in [1.29, 1.82) is 5.26 Å². The molecule has 0 radical (unpaired) electrons. The van der Waals surface area contributed by atoms with Crippen LogP contribution in [0.25, 0.3) is 0 Å². The fourth-order valence-corrected chi connectivity index (χ4v) is 2.58. The third-order valence-electron chi connectivity index (χ3n) is 2.92. The molecule has 2 rings (SSSR count). The molecule has 14 heavy (non-hydrogen) atoms. The van der Waals surface area contributed by atoms with Gasteiger partial charge in [-0.3, -0.25) is 0 Å². The standard InChI is InChI=1S/C9H12N4S/c10-5-6-7(11)12-8(14)13-9(6)3-1-2-4-9/h1-4,11H2,(H2,12,13,14). The van der Waals surface area contributed by atoms with Gasteiger partial charge in [-0.05, 0) is 25.1 Å². The first-order valence-corrected chi connectivity index (χ1v) is 5.08. The highest BCUT2D eigenvalue weighted by Gasteiger charge is 2.42. The Labute approximate surface area is 88.1 Å². The minimum absolute atomic E-state index is 0.277. The highest BCUT2D eigenvalue weighted by atomic mass is 32.1. The second kappa shape index (κ2) is 3.14. The Bertz CT molecular complexity index is 346. The third-order valence-corrected chi connectivity index (χ3v) is 3.12. The highest BCUT2D eigenvalue weighted by molar-refractivity contribution is 7.80. The van der Waals surface area contributed by atoms with Crippen molar-refractivity contribution < 1.29 is 0 Å². The molecule has 0 aromatic rings. The summed E-state index contributed by atoms with van der Waals surface area (Å²) in [5.41, 5.74) is 6.09. The molecule has 1 aliphatic carbocycles. The normalized spacial score (nSPS) is 24.4. The van der Waals surface area contributed by atoms with E-state index in [4.69, 9.17) is 23.2 Å². The van der Waals surface area contributed by atoms with Gasteiger partial charge in [-0.2, -0.15) is 5.26 Å². The van der Waals surface area contributed by atoms with Crippen molar-refractivity contribution in [3.8, 4) is 6.07 Å². The van der Waals surface area contributed by atoms with E-state index in [9.17, 15) is 0 Å². The van der Waals surface area contributed by atoms with E-state index in [-0.39, 0.29) is 5.54 Å². The van der Waals surface area contributed by atoms with Crippen LogP contribution in [0, 0.1) is 11.3 Å². The number of nitrogens with one attached hydrogen (secondary N) is 2. The second-order valence-electron chi connectivity index (χ2n) is 3.77. The van der Waals surface area contributed by atoms with E-state index in [2.05, 4.69) is 16.7 Å². The van der Waals surface area contributed by atoms with E-state index in [1.54, 1.807) is 0 Å². The van der Waals surface area contributed by atoms with Crippen LogP contribution in [0.4, 0.5) is 0 Å². The SMILES string of the molecule is N#CC1=C(N)NC(=S)NC12CCCC2. The topological polar surface area (TPSA) is 73.9 Å². The summed E-state index contributed by atoms with van der Waals surface area (Å²) in [4.78, 5) is 0. The molecule has 0 saturated heterocycles. The van der Waals surface area contributed by atoms with Crippen molar-refractivity contribution in [2.24, 2.45) is 5.73 Å². The summed E-state index contributed by atoms with van der Waals surface area (Å²) in [6.45, 7) is 0. The molecule has 1 spiro atoms. The molecule has 1 saturated carbocycles. The molecule has 1 heterocycles. The Kier molecular flexibility index (Phi) is 2.08. The molecule has 4 nitrogen and oxygen atoms in total. The minimum Gasteiger partial charge on any atom is -0.384 e. The predicted octanol–water partition coefficient (Wildman–Crippen LogP) is 0.471. The maximum atomic E-state index is 9.06. The van der Waals surface area contributed by atoms with Gasteiger partial charge in [0.1, 0.15) is 11.9 Å². The van der Waals surface area contributed by atoms with E-state index in [0.717, 1.165) is 25.7 Å². The molecular formula is C9H12N4S. The summed E-state index contributed by atoms with van der Waals surface area (Å²) in [6.07, 6.45) is 4.12. The van der Waals surface area contributed by atoms with E-state index < -0.39 is 0 Å². The van der Waals surface area contributed by atoms with Gasteiger partial charge in [-0.25, -0.2) is 0 Å². The summed E-state index contributed by atoms with van der Waals surface area (Å²) < 4.78 is 0. The molecule has 5 heteroatoms. The summed E-state index contributed by atoms with van der Waals surface area (Å²) in [6, 6.07) is 2.18. The molecule has 0 aromatic heterocycles. The molecule has 0 unspecified atom stereocenters. The van der Waals surface area contributed by atoms with Crippen LogP contribution in [-0.2, 0) is 0 Å². The van der Waals surface area contributed by atoms with E-state index in [1.165, 1.54) is 0 Å². The molecular weight excluding hydrogens is 196 g/mol. The van der Waals surface area contributed by atoms with Crippen LogP contribution in [0.2, 0.25) is 0 Å². The Morgan fingerprint density at radius 2 is 2.07 bits per heavy atom. The fraction of sp³-hybridized carbons (Fsp3) is 0.556. The second-order valence-corrected chi connectivity index (χ2v) is 4.18. The van der Waals surface area contributed by atoms with Crippen molar-refractivity contribution >= 4 is 17.3 Å². The fourth-order valence-electron chi connectivity index (χ4n) is 2.27. The summed E-state index contributed by atoms with van der Waals surface area (Å²) in [5, 5.41) is 15.6. The Balaban J connectivity index is 2.44. The zero-order valence-electron chi connectivity index (χ0n) is 7.76. The Morgan fingerprint density at radius 1 is 1.43 bits per heavy atom. The number of rotatable bonds is 0. The van der Waals surface area contributed by atoms with Crippen molar-refractivity contribution in [2.45, 2.75) is 31.2 Å². The molecule has 1 fully saturated rings. The van der Waals surface area contributed by atoms with Gasteiger partial charge in [0.25, 0.3) is 0 Å². The maximum Gasteiger partial charge on any atom is 0.172 e. The van der Waals surface area contributed by atoms with Gasteiger partial charge in [0.05, 0.1) is 11.1 Å². The lowest BCUT2D eigenvalue weighted by Crippen LogP contribution is -2.57. The first kappa shape index (κ1) is 9.28. The van der Waals surface area contributed by atoms with Gasteiger partial charge in [0.15, 0.2) is 5.11 Å². The lowest BCUT2D eigenvalue weighted by atomic mass is 9.87. The van der Waals surface area contributed by atoms with E-state index in [0.29, 0.717) is 16.5 Å². The molecule has 2 aliphatic rings. The van der Waals surface area contributed by atoms with Crippen LogP contribution in [0.15, 0.2) is 11.4 Å². The Hall–Kier alpha value is -1.28. The highest BCUT2D eigenvalue weighted by Crippen LogP contribution is 2.37. The van der Waals surface area contributed by atoms with E-state index in [1.807, 2.05) is 0 Å². The molecule has 0 amide bonds. The average molecular weight is 208 g/mol. The van der Waals surface area contributed by atoms with Crippen LogP contribution >= 0.6 is 12.2 Å². The van der Waals surface area contributed by atoms with Crippen molar-refractivity contribution in [3.63, 3.8) is 0 Å². The smallest absolute Gasteiger partial charge is 0.172 e. The number of hydrogen-bond donors (Lipinski definition) is 3. The van der Waals surface area contributed by atoms with Gasteiger partial charge in [0, 0.05) is 0 Å². The number of thiocarbonyl (C=S) groups is 1. The van der Waals surface area contributed by atoms with Crippen LogP contribution in [0.3, 0.4) is 0 Å². The quantitative estimate of drug-likeness (QED) is 0.505. The number of hydrogen-bond acceptors (Lipinski definition) is 3. The third kappa shape index (κ3) is 1.23. The lowest BCUT2D eigenvalue weighted by molar-refractivity contribution is 0.451. The first-order valence-electron chi connectivity index (χ1n) is 4.67. The van der Waals surface area contributed by atoms with Crippen LogP contribution in [0.1, 0.15) is 25.7 Å². The minimum atomic E-state index is -0.277. The van der Waals surface area contributed by atoms with Crippen LogP contribution in [-0.4, -0.2) is 10.7 Å². The Morgan fingerprint density at radius 3 is 2.64 bits per heavy atom. The lowest BCUT2D eigenvalue weighted by Gasteiger charge is -2.36. The van der Waals surface area contributed by atoms with Gasteiger partial charge < -0.3 is 16.4 Å². The zero-order chi connectivity index (χ0) is 10.2. The molecule has 0 atom stereocenters. The predicted molar refractivity (Wildman–Crippen MR) is 56.9 cm³/mol.